The van der Waals surface area contributed by atoms with Crippen molar-refractivity contribution in [2.24, 2.45) is 0 Å². The first-order valence-electron chi connectivity index (χ1n) is 8.34. The van der Waals surface area contributed by atoms with Gasteiger partial charge in [0, 0.05) is 12.0 Å². The molecular formula is C20H19NO7. The summed E-state index contributed by atoms with van der Waals surface area (Å²) < 4.78 is 5.44. The molecule has 0 aliphatic heterocycles. The zero-order chi connectivity index (χ0) is 20.7. The lowest BCUT2D eigenvalue weighted by Crippen LogP contribution is -2.45. The van der Waals surface area contributed by atoms with E-state index < -0.39 is 23.9 Å². The number of ketones is 1. The van der Waals surface area contributed by atoms with Gasteiger partial charge < -0.3 is 20.3 Å². The third kappa shape index (κ3) is 5.94. The highest BCUT2D eigenvalue weighted by Gasteiger charge is 2.23. The third-order valence-electron chi connectivity index (χ3n) is 3.90. The smallest absolute Gasteiger partial charge is 0.394 e. The first-order chi connectivity index (χ1) is 13.3. The molecule has 0 saturated carbocycles. The Balaban J connectivity index is 1.93. The number of amides is 1. The lowest BCUT2D eigenvalue weighted by molar-refractivity contribution is -0.152. The molecular weight excluding hydrogens is 366 g/mol. The number of hydrogen-bond acceptors (Lipinski definition) is 5. The summed E-state index contributed by atoms with van der Waals surface area (Å²) in [6, 6.07) is 12.0. The summed E-state index contributed by atoms with van der Waals surface area (Å²) in [5, 5.41) is 19.6. The Hall–Kier alpha value is -3.68. The van der Waals surface area contributed by atoms with Crippen LogP contribution in [0, 0.1) is 6.92 Å². The van der Waals surface area contributed by atoms with E-state index in [1.165, 1.54) is 0 Å². The van der Waals surface area contributed by atoms with E-state index in [9.17, 15) is 19.2 Å². The minimum Gasteiger partial charge on any atom is -0.485 e. The van der Waals surface area contributed by atoms with E-state index in [2.05, 4.69) is 0 Å². The highest BCUT2D eigenvalue weighted by molar-refractivity contribution is 6.31. The Morgan fingerprint density at radius 1 is 0.964 bits per heavy atom. The first-order valence-corrected chi connectivity index (χ1v) is 8.34. The molecule has 2 aromatic rings. The van der Waals surface area contributed by atoms with E-state index in [-0.39, 0.29) is 18.8 Å². The molecule has 0 aromatic heterocycles. The number of carboxylic acids is 2. The van der Waals surface area contributed by atoms with Gasteiger partial charge in [0.1, 0.15) is 11.8 Å². The fourth-order valence-electron chi connectivity index (χ4n) is 2.35. The largest absolute Gasteiger partial charge is 0.485 e. The maximum Gasteiger partial charge on any atom is 0.394 e. The van der Waals surface area contributed by atoms with E-state index in [1.54, 1.807) is 36.4 Å². The third-order valence-corrected chi connectivity index (χ3v) is 3.90. The summed E-state index contributed by atoms with van der Waals surface area (Å²) in [6.07, 6.45) is -0.100. The predicted molar refractivity (Wildman–Crippen MR) is 98.4 cm³/mol. The van der Waals surface area contributed by atoms with Crippen LogP contribution >= 0.6 is 0 Å². The van der Waals surface area contributed by atoms with E-state index in [0.717, 1.165) is 5.56 Å². The van der Waals surface area contributed by atoms with Crippen molar-refractivity contribution in [2.75, 3.05) is 6.61 Å². The van der Waals surface area contributed by atoms with Gasteiger partial charge in [-0.15, -0.1) is 0 Å². The van der Waals surface area contributed by atoms with Gasteiger partial charge in [0.2, 0.25) is 0 Å². The average Bonchev–Trinajstić information content (AvgIpc) is 2.66. The maximum absolute atomic E-state index is 12.1. The molecule has 0 unspecified atom stereocenters. The van der Waals surface area contributed by atoms with Crippen LogP contribution in [0.3, 0.4) is 0 Å². The maximum atomic E-state index is 12.1. The highest BCUT2D eigenvalue weighted by Crippen LogP contribution is 2.14. The number of ether oxygens (including phenoxy) is 1. The van der Waals surface area contributed by atoms with Gasteiger partial charge in [-0.3, -0.25) is 9.59 Å². The molecule has 0 radical (unpaired) electrons. The van der Waals surface area contributed by atoms with Gasteiger partial charge in [0.25, 0.3) is 0 Å². The van der Waals surface area contributed by atoms with Crippen molar-refractivity contribution in [3.63, 3.8) is 0 Å². The number of carbonyl (C=O) groups is 4. The van der Waals surface area contributed by atoms with Crippen LogP contribution in [0.25, 0.3) is 0 Å². The normalized spacial score (nSPS) is 11.3. The van der Waals surface area contributed by atoms with Crippen LogP contribution in [-0.2, 0) is 20.8 Å². The molecule has 0 fully saturated rings. The van der Waals surface area contributed by atoms with Gasteiger partial charge >= 0.3 is 17.8 Å². The Labute approximate surface area is 160 Å². The van der Waals surface area contributed by atoms with Crippen LogP contribution in [0.15, 0.2) is 48.5 Å². The van der Waals surface area contributed by atoms with E-state index in [4.69, 9.17) is 14.9 Å². The molecule has 0 saturated heterocycles. The van der Waals surface area contributed by atoms with Crippen molar-refractivity contribution in [2.45, 2.75) is 19.4 Å². The summed E-state index contributed by atoms with van der Waals surface area (Å²) in [6.45, 7) is 1.78. The molecule has 0 spiro atoms. The number of carbonyl (C=O) groups excluding carboxylic acids is 2. The minimum atomic E-state index is -1.76. The highest BCUT2D eigenvalue weighted by atomic mass is 16.5. The second kappa shape index (κ2) is 9.31. The van der Waals surface area contributed by atoms with Crippen LogP contribution in [0.4, 0.5) is 0 Å². The van der Waals surface area contributed by atoms with Crippen LogP contribution < -0.4 is 10.1 Å². The van der Waals surface area contributed by atoms with E-state index >= 15 is 0 Å². The van der Waals surface area contributed by atoms with Gasteiger partial charge in [-0.25, -0.2) is 9.59 Å². The molecule has 1 atom stereocenters. The van der Waals surface area contributed by atoms with Crippen molar-refractivity contribution >= 4 is 23.6 Å². The molecule has 0 heterocycles. The van der Waals surface area contributed by atoms with Crippen molar-refractivity contribution in [3.8, 4) is 5.75 Å². The zero-order valence-electron chi connectivity index (χ0n) is 15.0. The molecule has 28 heavy (non-hydrogen) atoms. The van der Waals surface area contributed by atoms with Crippen LogP contribution in [0.5, 0.6) is 5.75 Å². The topological polar surface area (TPSA) is 130 Å². The number of carboxylic acid groups (broad SMARTS) is 2. The Bertz CT molecular complexity index is 872. The molecule has 0 bridgehead atoms. The Kier molecular flexibility index (Phi) is 6.86. The second-order valence-electron chi connectivity index (χ2n) is 6.10. The number of aryl methyl sites for hydroxylation is 1. The van der Waals surface area contributed by atoms with Crippen molar-refractivity contribution in [1.29, 1.82) is 0 Å². The lowest BCUT2D eigenvalue weighted by Gasteiger charge is -2.13. The summed E-state index contributed by atoms with van der Waals surface area (Å²) in [4.78, 5) is 45.0. The lowest BCUT2D eigenvalue weighted by atomic mass is 10.1. The SMILES string of the molecule is Cc1ccc(C(=O)COc2ccc(C[C@@H](NC(=O)C(=O)O)C(=O)O)cc2)cc1. The standard InChI is InChI=1S/C20H19NO7/c1-12-2-6-14(7-3-12)17(22)11-28-15-8-4-13(5-9-15)10-16(19(24)25)21-18(23)20(26)27/h2-9,16H,10-11H2,1H3,(H,21,23)(H,24,25)(H,26,27)/t16-/m1/s1. The first kappa shape index (κ1) is 20.6. The van der Waals surface area contributed by atoms with Gasteiger partial charge in [-0.2, -0.15) is 0 Å². The molecule has 2 rings (SSSR count). The molecule has 0 aliphatic rings. The monoisotopic (exact) mass is 385 g/mol. The second-order valence-corrected chi connectivity index (χ2v) is 6.10. The molecule has 146 valence electrons. The van der Waals surface area contributed by atoms with Crippen molar-refractivity contribution < 1.29 is 34.1 Å². The van der Waals surface area contributed by atoms with E-state index in [0.29, 0.717) is 16.9 Å². The predicted octanol–water partition coefficient (Wildman–Crippen LogP) is 1.45. The van der Waals surface area contributed by atoms with Crippen LogP contribution in [-0.4, -0.2) is 46.5 Å². The number of benzene rings is 2. The number of rotatable bonds is 8. The Morgan fingerprint density at radius 2 is 1.57 bits per heavy atom. The van der Waals surface area contributed by atoms with Crippen molar-refractivity contribution in [1.82, 2.24) is 5.32 Å². The molecule has 8 heteroatoms. The van der Waals surface area contributed by atoms with E-state index in [1.807, 2.05) is 24.4 Å². The zero-order valence-corrected chi connectivity index (χ0v) is 15.0. The summed E-state index contributed by atoms with van der Waals surface area (Å²) in [5.74, 6) is -4.24. The van der Waals surface area contributed by atoms with Crippen LogP contribution in [0.1, 0.15) is 21.5 Å². The van der Waals surface area contributed by atoms with Gasteiger partial charge in [0.05, 0.1) is 0 Å². The molecule has 3 N–H and O–H groups in total. The summed E-state index contributed by atoms with van der Waals surface area (Å²) >= 11 is 0. The summed E-state index contributed by atoms with van der Waals surface area (Å²) in [5.41, 5.74) is 2.14. The molecule has 1 amide bonds. The number of aliphatic carboxylic acids is 2. The number of hydrogen-bond donors (Lipinski definition) is 3. The van der Waals surface area contributed by atoms with Crippen molar-refractivity contribution in [3.05, 3.63) is 65.2 Å². The number of Topliss-reactive ketones (excluding diaryl/α,β-unsaturated/α-hetero) is 1. The molecule has 0 aliphatic carbocycles. The minimum absolute atomic E-state index is 0.100. The fourth-order valence-corrected chi connectivity index (χ4v) is 2.35. The van der Waals surface area contributed by atoms with Gasteiger partial charge in [0.15, 0.2) is 12.4 Å². The van der Waals surface area contributed by atoms with Gasteiger partial charge in [-0.1, -0.05) is 42.0 Å². The fraction of sp³-hybridized carbons (Fsp3) is 0.200. The quantitative estimate of drug-likeness (QED) is 0.463. The van der Waals surface area contributed by atoms with Crippen LogP contribution in [0.2, 0.25) is 0 Å². The van der Waals surface area contributed by atoms with Gasteiger partial charge in [-0.05, 0) is 24.6 Å². The summed E-state index contributed by atoms with van der Waals surface area (Å²) in [7, 11) is 0. The Morgan fingerprint density at radius 3 is 2.11 bits per heavy atom. The number of nitrogens with one attached hydrogen (secondary N) is 1. The average molecular weight is 385 g/mol. The molecule has 2 aromatic carbocycles. The molecule has 8 nitrogen and oxygen atoms in total.